The summed E-state index contributed by atoms with van der Waals surface area (Å²) in [6.45, 7) is 0.729. The lowest BCUT2D eigenvalue weighted by atomic mass is 9.80. The Morgan fingerprint density at radius 3 is 1.84 bits per heavy atom. The van der Waals surface area contributed by atoms with Gasteiger partial charge in [-0.15, -0.1) is 0 Å². The predicted octanol–water partition coefficient (Wildman–Crippen LogP) is 3.10. The Morgan fingerprint density at radius 1 is 0.895 bits per heavy atom. The van der Waals surface area contributed by atoms with Crippen molar-refractivity contribution in [2.45, 2.75) is 24.5 Å². The highest BCUT2D eigenvalue weighted by molar-refractivity contribution is 5.37. The van der Waals surface area contributed by atoms with Crippen LogP contribution in [-0.2, 0) is 10.3 Å². The third kappa shape index (κ3) is 2.18. The molecule has 1 fully saturated rings. The summed E-state index contributed by atoms with van der Waals surface area (Å²) < 4.78 is 5.78. The normalized spacial score (nSPS) is 19.5. The summed E-state index contributed by atoms with van der Waals surface area (Å²) in [5.41, 5.74) is 0.736. The van der Waals surface area contributed by atoms with Crippen molar-refractivity contribution in [1.82, 2.24) is 0 Å². The second-order valence-electron chi connectivity index (χ2n) is 5.00. The quantitative estimate of drug-likeness (QED) is 0.912. The second-order valence-corrected chi connectivity index (χ2v) is 5.00. The summed E-state index contributed by atoms with van der Waals surface area (Å²) in [5, 5.41) is 11.3. The number of rotatable bonds is 3. The van der Waals surface area contributed by atoms with Gasteiger partial charge in [-0.05, 0) is 24.0 Å². The van der Waals surface area contributed by atoms with Crippen LogP contribution in [0, 0.1) is 0 Å². The molecule has 98 valence electrons. The van der Waals surface area contributed by atoms with Crippen LogP contribution in [-0.4, -0.2) is 17.8 Å². The number of ether oxygens (including phenoxy) is 1. The first-order valence-electron chi connectivity index (χ1n) is 6.77. The third-order valence-electron chi connectivity index (χ3n) is 3.82. The summed E-state index contributed by atoms with van der Waals surface area (Å²) in [7, 11) is 0. The highest BCUT2D eigenvalue weighted by Crippen LogP contribution is 2.38. The zero-order valence-electron chi connectivity index (χ0n) is 10.8. The average Bonchev–Trinajstić information content (AvgIpc) is 3.03. The van der Waals surface area contributed by atoms with Gasteiger partial charge in [-0.25, -0.2) is 0 Å². The lowest BCUT2D eigenvalue weighted by molar-refractivity contribution is -0.0619. The van der Waals surface area contributed by atoms with Crippen molar-refractivity contribution in [2.75, 3.05) is 6.61 Å². The Hall–Kier alpha value is -1.64. The Bertz CT molecular complexity index is 476. The van der Waals surface area contributed by atoms with Crippen LogP contribution < -0.4 is 0 Å². The molecule has 2 nitrogen and oxygen atoms in total. The number of aliphatic hydroxyl groups is 1. The molecule has 1 heterocycles. The minimum absolute atomic E-state index is 0.169. The molecule has 1 N–H and O–H groups in total. The highest BCUT2D eigenvalue weighted by atomic mass is 16.5. The maximum Gasteiger partial charge on any atom is 0.141 e. The molecule has 0 spiro atoms. The molecule has 2 aromatic rings. The van der Waals surface area contributed by atoms with E-state index in [0.29, 0.717) is 0 Å². The van der Waals surface area contributed by atoms with Gasteiger partial charge in [0.05, 0.1) is 6.10 Å². The molecular formula is C17H18O2. The second kappa shape index (κ2) is 5.16. The molecule has 1 aliphatic heterocycles. The van der Waals surface area contributed by atoms with E-state index in [4.69, 9.17) is 4.74 Å². The summed E-state index contributed by atoms with van der Waals surface area (Å²) in [5.74, 6) is 0. The first-order chi connectivity index (χ1) is 9.32. The van der Waals surface area contributed by atoms with Gasteiger partial charge in [0.2, 0.25) is 0 Å². The van der Waals surface area contributed by atoms with Gasteiger partial charge in [0.15, 0.2) is 0 Å². The molecule has 2 aromatic carbocycles. The van der Waals surface area contributed by atoms with E-state index < -0.39 is 5.60 Å². The van der Waals surface area contributed by atoms with Crippen LogP contribution in [0.15, 0.2) is 60.7 Å². The van der Waals surface area contributed by atoms with Crippen molar-refractivity contribution in [1.29, 1.82) is 0 Å². The van der Waals surface area contributed by atoms with Crippen LogP contribution in [0.3, 0.4) is 0 Å². The van der Waals surface area contributed by atoms with Crippen LogP contribution in [0.2, 0.25) is 0 Å². The fraction of sp³-hybridized carbons (Fsp3) is 0.294. The van der Waals surface area contributed by atoms with Gasteiger partial charge in [-0.1, -0.05) is 60.7 Å². The van der Waals surface area contributed by atoms with Crippen molar-refractivity contribution < 1.29 is 9.84 Å². The van der Waals surface area contributed by atoms with Gasteiger partial charge in [0, 0.05) is 6.61 Å². The highest BCUT2D eigenvalue weighted by Gasteiger charge is 2.42. The molecule has 1 saturated heterocycles. The van der Waals surface area contributed by atoms with Crippen molar-refractivity contribution in [3.05, 3.63) is 71.8 Å². The van der Waals surface area contributed by atoms with E-state index in [-0.39, 0.29) is 6.10 Å². The van der Waals surface area contributed by atoms with Crippen molar-refractivity contribution >= 4 is 0 Å². The van der Waals surface area contributed by atoms with E-state index in [1.54, 1.807) is 0 Å². The van der Waals surface area contributed by atoms with Crippen LogP contribution in [0.4, 0.5) is 0 Å². The average molecular weight is 254 g/mol. The molecule has 1 aliphatic rings. The van der Waals surface area contributed by atoms with Crippen LogP contribution in [0.1, 0.15) is 24.0 Å². The van der Waals surface area contributed by atoms with Gasteiger partial charge in [0.25, 0.3) is 0 Å². The van der Waals surface area contributed by atoms with E-state index in [1.165, 1.54) is 0 Å². The maximum atomic E-state index is 11.3. The number of hydrogen-bond donors (Lipinski definition) is 1. The lowest BCUT2D eigenvalue weighted by Crippen LogP contribution is -2.40. The fourth-order valence-electron chi connectivity index (χ4n) is 2.83. The predicted molar refractivity (Wildman–Crippen MR) is 74.9 cm³/mol. The Balaban J connectivity index is 2.10. The first kappa shape index (κ1) is 12.4. The molecule has 3 rings (SSSR count). The van der Waals surface area contributed by atoms with E-state index >= 15 is 0 Å². The number of benzene rings is 2. The van der Waals surface area contributed by atoms with Crippen LogP contribution >= 0.6 is 0 Å². The summed E-state index contributed by atoms with van der Waals surface area (Å²) >= 11 is 0. The van der Waals surface area contributed by atoms with Crippen LogP contribution in [0.5, 0.6) is 0 Å². The number of hydrogen-bond acceptors (Lipinski definition) is 2. The smallest absolute Gasteiger partial charge is 0.141 e. The minimum atomic E-state index is -1.06. The lowest BCUT2D eigenvalue weighted by Gasteiger charge is -2.34. The molecule has 1 atom stereocenters. The molecule has 2 heteroatoms. The Labute approximate surface area is 113 Å². The van der Waals surface area contributed by atoms with Crippen molar-refractivity contribution in [3.8, 4) is 0 Å². The monoisotopic (exact) mass is 254 g/mol. The summed E-state index contributed by atoms with van der Waals surface area (Å²) in [6, 6.07) is 19.6. The summed E-state index contributed by atoms with van der Waals surface area (Å²) in [4.78, 5) is 0. The molecule has 0 bridgehead atoms. The van der Waals surface area contributed by atoms with Gasteiger partial charge in [-0.2, -0.15) is 0 Å². The minimum Gasteiger partial charge on any atom is -0.378 e. The molecule has 0 amide bonds. The van der Waals surface area contributed by atoms with E-state index in [0.717, 1.165) is 30.6 Å². The molecule has 0 aromatic heterocycles. The molecule has 0 aliphatic carbocycles. The van der Waals surface area contributed by atoms with Crippen LogP contribution in [0.25, 0.3) is 0 Å². The largest absolute Gasteiger partial charge is 0.378 e. The Morgan fingerprint density at radius 2 is 1.42 bits per heavy atom. The topological polar surface area (TPSA) is 29.5 Å². The first-order valence-corrected chi connectivity index (χ1v) is 6.77. The molecule has 0 saturated carbocycles. The molecular weight excluding hydrogens is 236 g/mol. The Kier molecular flexibility index (Phi) is 3.36. The molecule has 19 heavy (non-hydrogen) atoms. The zero-order valence-corrected chi connectivity index (χ0v) is 10.8. The van der Waals surface area contributed by atoms with Crippen molar-refractivity contribution in [2.24, 2.45) is 0 Å². The van der Waals surface area contributed by atoms with Gasteiger partial charge in [0.1, 0.15) is 5.60 Å². The molecule has 1 unspecified atom stereocenters. The van der Waals surface area contributed by atoms with Gasteiger partial charge < -0.3 is 9.84 Å². The standard InChI is InChI=1S/C17H18O2/c18-17(16-12-7-13-19-16,14-8-3-1-4-9-14)15-10-5-2-6-11-15/h1-6,8-11,16,18H,7,12-13H2. The summed E-state index contributed by atoms with van der Waals surface area (Å²) in [6.07, 6.45) is 1.73. The molecule has 0 radical (unpaired) electrons. The van der Waals surface area contributed by atoms with Gasteiger partial charge in [-0.3, -0.25) is 0 Å². The van der Waals surface area contributed by atoms with E-state index in [1.807, 2.05) is 60.7 Å². The zero-order chi connectivity index (χ0) is 13.1. The van der Waals surface area contributed by atoms with Gasteiger partial charge >= 0.3 is 0 Å². The van der Waals surface area contributed by atoms with Crippen molar-refractivity contribution in [3.63, 3.8) is 0 Å². The maximum absolute atomic E-state index is 11.3. The van der Waals surface area contributed by atoms with E-state index in [2.05, 4.69) is 0 Å². The SMILES string of the molecule is OC(c1ccccc1)(c1ccccc1)C1CCCO1. The third-order valence-corrected chi connectivity index (χ3v) is 3.82. The fourth-order valence-corrected chi connectivity index (χ4v) is 2.83. The van der Waals surface area contributed by atoms with E-state index in [9.17, 15) is 5.11 Å².